The topological polar surface area (TPSA) is 65.8 Å². The van der Waals surface area contributed by atoms with E-state index in [0.29, 0.717) is 13.1 Å². The summed E-state index contributed by atoms with van der Waals surface area (Å²) in [5.74, 6) is 7.16. The number of carbonyl (C=O) groups excluding carboxylic acids is 1. The first-order valence-corrected chi connectivity index (χ1v) is 6.24. The molecule has 1 amide bonds. The molecule has 0 aromatic rings. The molecule has 1 heterocycles. The van der Waals surface area contributed by atoms with Gasteiger partial charge in [-0.1, -0.05) is 0 Å². The van der Waals surface area contributed by atoms with Crippen molar-refractivity contribution >= 4 is 31.8 Å². The normalized spacial score (nSPS) is 18.8. The fourth-order valence-electron chi connectivity index (χ4n) is 1.42. The van der Waals surface area contributed by atoms with Crippen molar-refractivity contribution in [2.45, 2.75) is 38.9 Å². The van der Waals surface area contributed by atoms with Crippen molar-refractivity contribution in [2.75, 3.05) is 20.1 Å². The summed E-state index contributed by atoms with van der Waals surface area (Å²) in [6.07, 6.45) is 0.452. The van der Waals surface area contributed by atoms with Crippen molar-refractivity contribution in [2.24, 2.45) is 0 Å². The van der Waals surface area contributed by atoms with Gasteiger partial charge in [0, 0.05) is 6.54 Å². The summed E-state index contributed by atoms with van der Waals surface area (Å²) in [5, 5.41) is 0. The van der Waals surface area contributed by atoms with E-state index >= 15 is 0 Å². The minimum Gasteiger partial charge on any atom is -0.597 e. The van der Waals surface area contributed by atoms with Crippen LogP contribution in [0.2, 0.25) is 0 Å². The average Bonchev–Trinajstić information content (AvgIpc) is 2.60. The van der Waals surface area contributed by atoms with E-state index in [1.54, 1.807) is 11.9 Å². The van der Waals surface area contributed by atoms with Crippen LogP contribution >= 0.6 is 25.7 Å². The standard InChI is InChI=1S/C10H20N3O3S.Rb.H2S/c1-10(2,3)15-9(14)13-6-5-8(7-13)16-17-12(4)11;;/h8,11H,5-7H2,1-4H3;;1H2/q-1;+1;. The zero-order chi connectivity index (χ0) is 13.1. The molecule has 108 valence electrons. The number of amides is 1. The van der Waals surface area contributed by atoms with Crippen LogP contribution in [0.5, 0.6) is 0 Å². The molecule has 1 N–H and O–H groups in total. The van der Waals surface area contributed by atoms with Crippen molar-refractivity contribution in [3.8, 4) is 0 Å². The molecule has 1 fully saturated rings. The molecule has 6 nitrogen and oxygen atoms in total. The Hall–Kier alpha value is 1.66. The molecule has 0 aromatic heterocycles. The number of hydrogen-bond acceptors (Lipinski definition) is 5. The molecule has 0 bridgehead atoms. The Labute approximate surface area is 175 Å². The van der Waals surface area contributed by atoms with E-state index < -0.39 is 5.60 Å². The molecule has 0 spiro atoms. The van der Waals surface area contributed by atoms with Gasteiger partial charge in [-0.2, -0.15) is 13.5 Å². The SMILES string of the molecule is CN([NH-])SOC1CCN(C(=O)OC(C)(C)C)C1.S.[Rb+]. The van der Waals surface area contributed by atoms with Crippen molar-refractivity contribution < 1.29 is 71.9 Å². The fourth-order valence-corrected chi connectivity index (χ4v) is 1.83. The van der Waals surface area contributed by atoms with Crippen molar-refractivity contribution in [1.29, 1.82) is 0 Å². The molecule has 0 radical (unpaired) electrons. The minimum absolute atomic E-state index is 0. The number of carbonyl (C=O) groups is 1. The smallest absolute Gasteiger partial charge is 0.597 e. The molecule has 9 heteroatoms. The zero-order valence-corrected chi connectivity index (χ0v) is 19.0. The summed E-state index contributed by atoms with van der Waals surface area (Å²) < 4.78 is 11.8. The molecule has 1 saturated heterocycles. The number of hydrogen-bond donors (Lipinski definition) is 0. The van der Waals surface area contributed by atoms with Crippen LogP contribution in [0.25, 0.3) is 5.84 Å². The Kier molecular flexibility index (Phi) is 12.5. The monoisotopic (exact) mass is 381 g/mol. The summed E-state index contributed by atoms with van der Waals surface area (Å²) in [6.45, 7) is 6.71. The summed E-state index contributed by atoms with van der Waals surface area (Å²) >= 11 is 0.977. The first-order chi connectivity index (χ1) is 7.78. The maximum Gasteiger partial charge on any atom is 1.00 e. The van der Waals surface area contributed by atoms with Crippen LogP contribution in [0.1, 0.15) is 27.2 Å². The summed E-state index contributed by atoms with van der Waals surface area (Å²) in [7, 11) is 1.59. The predicted octanol–water partition coefficient (Wildman–Crippen LogP) is -0.409. The van der Waals surface area contributed by atoms with Gasteiger partial charge in [0.15, 0.2) is 0 Å². The number of likely N-dealkylation sites (tertiary alicyclic amines) is 1. The maximum absolute atomic E-state index is 11.7. The zero-order valence-electron chi connectivity index (χ0n) is 12.2. The van der Waals surface area contributed by atoms with Gasteiger partial charge in [-0.25, -0.2) is 4.79 Å². The van der Waals surface area contributed by atoms with Gasteiger partial charge in [-0.05, 0) is 34.2 Å². The van der Waals surface area contributed by atoms with Crippen LogP contribution < -0.4 is 58.2 Å². The first-order valence-electron chi connectivity index (χ1n) is 5.54. The van der Waals surface area contributed by atoms with Gasteiger partial charge in [0.05, 0.1) is 24.9 Å². The Morgan fingerprint density at radius 1 is 1.47 bits per heavy atom. The van der Waals surface area contributed by atoms with Crippen LogP contribution in [0, 0.1) is 0 Å². The summed E-state index contributed by atoms with van der Waals surface area (Å²) in [6, 6.07) is 0. The number of ether oxygens (including phenoxy) is 1. The molecule has 0 saturated carbocycles. The Balaban J connectivity index is 0. The van der Waals surface area contributed by atoms with Gasteiger partial charge < -0.3 is 19.9 Å². The number of nitrogens with zero attached hydrogens (tertiary/aromatic N) is 2. The van der Waals surface area contributed by atoms with Crippen LogP contribution in [0.3, 0.4) is 0 Å². The second kappa shape index (κ2) is 10.4. The second-order valence-electron chi connectivity index (χ2n) is 5.01. The summed E-state index contributed by atoms with van der Waals surface area (Å²) in [4.78, 5) is 13.4. The second-order valence-corrected chi connectivity index (χ2v) is 5.89. The predicted molar refractivity (Wildman–Crippen MR) is 77.4 cm³/mol. The molecule has 19 heavy (non-hydrogen) atoms. The molecule has 0 aromatic carbocycles. The minimum atomic E-state index is -0.466. The molecule has 1 aliphatic heterocycles. The molecule has 1 atom stereocenters. The van der Waals surface area contributed by atoms with E-state index in [1.807, 2.05) is 20.8 Å². The molecule has 0 aliphatic carbocycles. The van der Waals surface area contributed by atoms with E-state index in [9.17, 15) is 4.79 Å². The van der Waals surface area contributed by atoms with Crippen molar-refractivity contribution in [3.63, 3.8) is 0 Å². The average molecular weight is 382 g/mol. The Morgan fingerprint density at radius 2 is 2.05 bits per heavy atom. The van der Waals surface area contributed by atoms with E-state index in [1.165, 1.54) is 0 Å². The summed E-state index contributed by atoms with van der Waals surface area (Å²) in [5.41, 5.74) is -0.466. The maximum atomic E-state index is 11.7. The Bertz CT molecular complexity index is 277. The first kappa shape index (κ1) is 22.9. The van der Waals surface area contributed by atoms with Gasteiger partial charge in [0.1, 0.15) is 5.60 Å². The fraction of sp³-hybridized carbons (Fsp3) is 0.900. The van der Waals surface area contributed by atoms with Crippen molar-refractivity contribution in [1.82, 2.24) is 9.31 Å². The van der Waals surface area contributed by atoms with Gasteiger partial charge in [-0.15, -0.1) is 0 Å². The van der Waals surface area contributed by atoms with E-state index in [-0.39, 0.29) is 83.9 Å². The van der Waals surface area contributed by atoms with Gasteiger partial charge in [-0.3, -0.25) is 4.18 Å². The molecular formula is C10H22N3O3RbS2. The quantitative estimate of drug-likeness (QED) is 0.378. The van der Waals surface area contributed by atoms with Crippen LogP contribution in [-0.4, -0.2) is 47.2 Å². The van der Waals surface area contributed by atoms with Crippen molar-refractivity contribution in [3.05, 3.63) is 5.84 Å². The van der Waals surface area contributed by atoms with Gasteiger partial charge >= 0.3 is 64.3 Å². The van der Waals surface area contributed by atoms with Gasteiger partial charge in [0.25, 0.3) is 0 Å². The van der Waals surface area contributed by atoms with Gasteiger partial charge in [0.2, 0.25) is 0 Å². The molecular weight excluding hydrogens is 360 g/mol. The van der Waals surface area contributed by atoms with E-state index in [2.05, 4.69) is 0 Å². The Morgan fingerprint density at radius 3 is 2.53 bits per heavy atom. The molecule has 1 rings (SSSR count). The largest absolute Gasteiger partial charge is 1.00 e. The number of rotatable bonds is 3. The molecule has 1 unspecified atom stereocenters. The third kappa shape index (κ3) is 10.1. The van der Waals surface area contributed by atoms with Crippen LogP contribution in [-0.2, 0) is 8.92 Å². The third-order valence-corrected chi connectivity index (χ3v) is 2.67. The molecule has 1 aliphatic rings. The van der Waals surface area contributed by atoms with Crippen LogP contribution in [0.15, 0.2) is 0 Å². The number of nitrogens with one attached hydrogen (secondary N) is 1. The third-order valence-electron chi connectivity index (χ3n) is 2.09. The van der Waals surface area contributed by atoms with E-state index in [4.69, 9.17) is 14.8 Å². The van der Waals surface area contributed by atoms with Crippen LogP contribution in [0.4, 0.5) is 4.79 Å². The van der Waals surface area contributed by atoms with E-state index in [0.717, 1.165) is 23.1 Å².